The fraction of sp³-hybridized carbons (Fsp3) is 0.261. The molecule has 0 bridgehead atoms. The summed E-state index contributed by atoms with van der Waals surface area (Å²) in [5.41, 5.74) is 3.40. The third-order valence-electron chi connectivity index (χ3n) is 5.88. The maximum atomic E-state index is 13.1. The Kier molecular flexibility index (Phi) is 5.48. The Morgan fingerprint density at radius 1 is 0.941 bits per heavy atom. The molecule has 10 nitrogen and oxygen atoms in total. The number of amides is 1. The van der Waals surface area contributed by atoms with Crippen LogP contribution in [-0.2, 0) is 9.84 Å². The molecule has 0 aliphatic carbocycles. The van der Waals surface area contributed by atoms with Crippen LogP contribution in [0.15, 0.2) is 59.8 Å². The molecule has 5 rings (SSSR count). The first kappa shape index (κ1) is 22.0. The summed E-state index contributed by atoms with van der Waals surface area (Å²) < 4.78 is 25.9. The summed E-state index contributed by atoms with van der Waals surface area (Å²) in [5, 5.41) is 8.61. The number of aryl methyl sites for hydroxylation is 1. The molecule has 0 unspecified atom stereocenters. The van der Waals surface area contributed by atoms with E-state index >= 15 is 0 Å². The van der Waals surface area contributed by atoms with E-state index in [9.17, 15) is 13.2 Å². The van der Waals surface area contributed by atoms with Crippen molar-refractivity contribution < 1.29 is 13.2 Å². The van der Waals surface area contributed by atoms with Crippen molar-refractivity contribution in [3.8, 4) is 5.69 Å². The Morgan fingerprint density at radius 2 is 1.65 bits per heavy atom. The highest BCUT2D eigenvalue weighted by Gasteiger charge is 2.28. The van der Waals surface area contributed by atoms with Gasteiger partial charge in [0.1, 0.15) is 6.33 Å². The summed E-state index contributed by atoms with van der Waals surface area (Å²) in [6, 6.07) is 14.2. The van der Waals surface area contributed by atoms with E-state index in [0.29, 0.717) is 43.2 Å². The van der Waals surface area contributed by atoms with Gasteiger partial charge in [-0.1, -0.05) is 35.0 Å². The lowest BCUT2D eigenvalue weighted by Gasteiger charge is -2.35. The van der Waals surface area contributed by atoms with Gasteiger partial charge in [0.2, 0.25) is 0 Å². The molecule has 0 atom stereocenters. The molecule has 1 amide bonds. The topological polar surface area (TPSA) is 114 Å². The predicted octanol–water partition coefficient (Wildman–Crippen LogP) is 1.88. The molecular weight excluding hydrogens is 454 g/mol. The van der Waals surface area contributed by atoms with Gasteiger partial charge in [-0.25, -0.2) is 18.4 Å². The van der Waals surface area contributed by atoms with Crippen LogP contribution in [-0.4, -0.2) is 76.6 Å². The summed E-state index contributed by atoms with van der Waals surface area (Å²) in [7, 11) is -3.51. The average Bonchev–Trinajstić information content (AvgIpc) is 3.28. The number of benzene rings is 2. The number of nitrogens with zero attached hydrogens (tertiary/aromatic N) is 7. The molecule has 0 radical (unpaired) electrons. The van der Waals surface area contributed by atoms with Crippen LogP contribution in [0.3, 0.4) is 0 Å². The lowest BCUT2D eigenvalue weighted by molar-refractivity contribution is 0.0742. The summed E-state index contributed by atoms with van der Waals surface area (Å²) in [5.74, 6) is 0.367. The molecule has 0 saturated carbocycles. The fourth-order valence-electron chi connectivity index (χ4n) is 4.09. The number of piperazine rings is 1. The molecule has 3 heterocycles. The van der Waals surface area contributed by atoms with Crippen molar-refractivity contribution in [2.24, 2.45) is 0 Å². The van der Waals surface area contributed by atoms with Crippen molar-refractivity contribution in [3.05, 3.63) is 66.0 Å². The molecule has 174 valence electrons. The van der Waals surface area contributed by atoms with E-state index in [4.69, 9.17) is 0 Å². The van der Waals surface area contributed by atoms with E-state index in [2.05, 4.69) is 20.3 Å². The lowest BCUT2D eigenvalue weighted by atomic mass is 10.2. The van der Waals surface area contributed by atoms with Gasteiger partial charge in [0, 0.05) is 32.4 Å². The number of aromatic nitrogens is 5. The number of carbonyl (C=O) groups excluding carboxylic acids is 1. The van der Waals surface area contributed by atoms with E-state index in [1.54, 1.807) is 27.8 Å². The molecule has 1 saturated heterocycles. The first-order chi connectivity index (χ1) is 16.3. The van der Waals surface area contributed by atoms with Gasteiger partial charge < -0.3 is 9.80 Å². The Labute approximate surface area is 196 Å². The second-order valence-corrected chi connectivity index (χ2v) is 10.2. The van der Waals surface area contributed by atoms with E-state index in [-0.39, 0.29) is 16.4 Å². The van der Waals surface area contributed by atoms with Gasteiger partial charge in [-0.15, -0.1) is 5.10 Å². The van der Waals surface area contributed by atoms with Crippen LogP contribution in [0, 0.1) is 6.92 Å². The van der Waals surface area contributed by atoms with Gasteiger partial charge in [-0.3, -0.25) is 4.79 Å². The first-order valence-electron chi connectivity index (χ1n) is 10.8. The number of rotatable bonds is 4. The average molecular weight is 478 g/mol. The third-order valence-corrected chi connectivity index (χ3v) is 7.04. The van der Waals surface area contributed by atoms with Crippen LogP contribution in [0.1, 0.15) is 15.9 Å². The Hall–Kier alpha value is -3.86. The van der Waals surface area contributed by atoms with Crippen LogP contribution in [0.5, 0.6) is 0 Å². The second kappa shape index (κ2) is 8.49. The maximum absolute atomic E-state index is 13.1. The molecule has 1 aliphatic heterocycles. The quantitative estimate of drug-likeness (QED) is 0.438. The molecular formula is C23H23N7O3S. The zero-order valence-electron chi connectivity index (χ0n) is 18.8. The summed E-state index contributed by atoms with van der Waals surface area (Å²) in [4.78, 5) is 25.7. The predicted molar refractivity (Wildman–Crippen MR) is 127 cm³/mol. The second-order valence-electron chi connectivity index (χ2n) is 8.25. The summed E-state index contributed by atoms with van der Waals surface area (Å²) in [6.07, 6.45) is 2.60. The highest BCUT2D eigenvalue weighted by atomic mass is 32.2. The van der Waals surface area contributed by atoms with Crippen molar-refractivity contribution in [1.29, 1.82) is 0 Å². The van der Waals surface area contributed by atoms with E-state index < -0.39 is 9.84 Å². The van der Waals surface area contributed by atoms with Crippen LogP contribution in [0.25, 0.3) is 16.9 Å². The maximum Gasteiger partial charge on any atom is 0.255 e. The molecule has 11 heteroatoms. The molecule has 0 spiro atoms. The van der Waals surface area contributed by atoms with E-state index in [0.717, 1.165) is 17.5 Å². The van der Waals surface area contributed by atoms with Gasteiger partial charge in [0.05, 0.1) is 16.1 Å². The number of sulfone groups is 1. The minimum atomic E-state index is -3.51. The zero-order valence-corrected chi connectivity index (χ0v) is 19.6. The Balaban J connectivity index is 1.37. The first-order valence-corrected chi connectivity index (χ1v) is 12.7. The van der Waals surface area contributed by atoms with Crippen LogP contribution >= 0.6 is 0 Å². The number of hydrogen-bond acceptors (Lipinski definition) is 8. The highest BCUT2D eigenvalue weighted by molar-refractivity contribution is 7.90. The summed E-state index contributed by atoms with van der Waals surface area (Å²) >= 11 is 0. The normalized spacial score (nSPS) is 14.5. The van der Waals surface area contributed by atoms with Crippen LogP contribution in [0.4, 0.5) is 5.82 Å². The number of anilines is 1. The molecule has 2 aromatic heterocycles. The Bertz CT molecular complexity index is 1470. The monoisotopic (exact) mass is 477 g/mol. The van der Waals surface area contributed by atoms with Gasteiger partial charge in [-0.05, 0) is 31.2 Å². The molecule has 1 fully saturated rings. The molecule has 2 aromatic carbocycles. The number of fused-ring (bicyclic) bond motifs is 1. The molecule has 0 N–H and O–H groups in total. The minimum Gasteiger partial charge on any atom is -0.351 e. The van der Waals surface area contributed by atoms with Crippen molar-refractivity contribution in [2.75, 3.05) is 37.3 Å². The minimum absolute atomic E-state index is 0.0488. The van der Waals surface area contributed by atoms with Crippen molar-refractivity contribution in [2.45, 2.75) is 11.8 Å². The SMILES string of the molecule is Cc1ccc(-n2nnc3c(N4CCN(C(=O)c5ccccc5S(C)(=O)=O)CC4)ncnc32)cc1. The van der Waals surface area contributed by atoms with Crippen molar-refractivity contribution in [1.82, 2.24) is 29.9 Å². The Morgan fingerprint density at radius 3 is 2.35 bits per heavy atom. The van der Waals surface area contributed by atoms with Crippen molar-refractivity contribution in [3.63, 3.8) is 0 Å². The molecule has 1 aliphatic rings. The smallest absolute Gasteiger partial charge is 0.255 e. The largest absolute Gasteiger partial charge is 0.351 e. The standard InChI is InChI=1S/C23H23N7O3S/c1-16-7-9-17(10-8-16)30-22-20(26-27-30)21(24-15-25-22)28-11-13-29(14-12-28)23(31)18-5-3-4-6-19(18)34(2,32)33/h3-10,15H,11-14H2,1-2H3. The molecule has 4 aromatic rings. The van der Waals surface area contributed by atoms with Gasteiger partial charge in [0.25, 0.3) is 5.91 Å². The van der Waals surface area contributed by atoms with Crippen molar-refractivity contribution >= 4 is 32.7 Å². The van der Waals surface area contributed by atoms with Crippen LogP contribution < -0.4 is 4.90 Å². The number of hydrogen-bond donors (Lipinski definition) is 0. The highest BCUT2D eigenvalue weighted by Crippen LogP contribution is 2.25. The summed E-state index contributed by atoms with van der Waals surface area (Å²) in [6.45, 7) is 3.92. The third kappa shape index (κ3) is 3.98. The molecule has 34 heavy (non-hydrogen) atoms. The fourth-order valence-corrected chi connectivity index (χ4v) is 4.97. The van der Waals surface area contributed by atoms with Gasteiger partial charge >= 0.3 is 0 Å². The van der Waals surface area contributed by atoms with E-state index in [1.807, 2.05) is 36.1 Å². The van der Waals surface area contributed by atoms with Gasteiger partial charge in [0.15, 0.2) is 26.8 Å². The lowest BCUT2D eigenvalue weighted by Crippen LogP contribution is -2.49. The van der Waals surface area contributed by atoms with Crippen LogP contribution in [0.2, 0.25) is 0 Å². The van der Waals surface area contributed by atoms with Gasteiger partial charge in [-0.2, -0.15) is 4.68 Å². The zero-order chi connectivity index (χ0) is 23.9. The number of carbonyl (C=O) groups is 1. The van der Waals surface area contributed by atoms with E-state index in [1.165, 1.54) is 12.4 Å².